The highest BCUT2D eigenvalue weighted by Crippen LogP contribution is 2.38. The minimum atomic E-state index is -0.685. The summed E-state index contributed by atoms with van der Waals surface area (Å²) in [6.45, 7) is 2.11. The molecule has 5 heteroatoms. The van der Waals surface area contributed by atoms with Crippen LogP contribution < -0.4 is 0 Å². The van der Waals surface area contributed by atoms with Crippen LogP contribution in [0.1, 0.15) is 37.6 Å². The number of imidazole rings is 1. The Morgan fingerprint density at radius 3 is 2.76 bits per heavy atom. The molecule has 0 aliphatic carbocycles. The molecule has 2 aromatic rings. The second kappa shape index (κ2) is 6.98. The molecular weight excluding hydrogens is 305 g/mol. The zero-order valence-electron chi connectivity index (χ0n) is 11.9. The molecule has 0 amide bonds. The smallest absolute Gasteiger partial charge is 0.107 e. The van der Waals surface area contributed by atoms with Crippen molar-refractivity contribution in [3.63, 3.8) is 0 Å². The van der Waals surface area contributed by atoms with Crippen LogP contribution in [0, 0.1) is 11.3 Å². The van der Waals surface area contributed by atoms with Gasteiger partial charge in [-0.1, -0.05) is 49.0 Å². The number of unbranched alkanes of at least 4 members (excludes halogenated alkanes) is 1. The number of hydrogen-bond donors (Lipinski definition) is 1. The highest BCUT2D eigenvalue weighted by atomic mass is 35.5. The van der Waals surface area contributed by atoms with E-state index < -0.39 is 5.41 Å². The molecular formula is C16H17Cl2N3. The molecule has 0 saturated carbocycles. The van der Waals surface area contributed by atoms with Gasteiger partial charge in [0, 0.05) is 28.9 Å². The first kappa shape index (κ1) is 15.9. The number of halogens is 2. The molecule has 2 rings (SSSR count). The summed E-state index contributed by atoms with van der Waals surface area (Å²) in [6.07, 6.45) is 6.68. The maximum Gasteiger partial charge on any atom is 0.107 e. The van der Waals surface area contributed by atoms with Crippen molar-refractivity contribution in [1.29, 1.82) is 5.26 Å². The molecule has 0 fully saturated rings. The van der Waals surface area contributed by atoms with Crippen LogP contribution in [0.2, 0.25) is 10.0 Å². The molecule has 0 aliphatic rings. The molecule has 1 N–H and O–H groups in total. The Hall–Kier alpha value is -1.50. The first-order valence-corrected chi connectivity index (χ1v) is 7.72. The van der Waals surface area contributed by atoms with Gasteiger partial charge in [0.1, 0.15) is 5.82 Å². The minimum absolute atomic E-state index is 0.512. The second-order valence-corrected chi connectivity index (χ2v) is 5.98. The average molecular weight is 322 g/mol. The molecule has 0 radical (unpaired) electrons. The molecule has 0 aliphatic heterocycles. The normalized spacial score (nSPS) is 13.6. The largest absolute Gasteiger partial charge is 0.349 e. The number of hydrogen-bond acceptors (Lipinski definition) is 2. The molecule has 0 saturated heterocycles. The fourth-order valence-electron chi connectivity index (χ4n) is 2.51. The summed E-state index contributed by atoms with van der Waals surface area (Å²) in [5.41, 5.74) is 0.135. The first-order valence-electron chi connectivity index (χ1n) is 6.96. The van der Waals surface area contributed by atoms with E-state index in [0.717, 1.165) is 30.7 Å². The molecule has 1 heterocycles. The number of nitrogens with one attached hydrogen (secondary N) is 1. The lowest BCUT2D eigenvalue weighted by Gasteiger charge is -2.27. The Labute approximate surface area is 134 Å². The molecule has 3 nitrogen and oxygen atoms in total. The predicted molar refractivity (Wildman–Crippen MR) is 85.6 cm³/mol. The number of nitriles is 1. The van der Waals surface area contributed by atoms with Crippen LogP contribution in [0.5, 0.6) is 0 Å². The van der Waals surface area contributed by atoms with Crippen molar-refractivity contribution in [2.45, 2.75) is 38.0 Å². The fourth-order valence-corrected chi connectivity index (χ4v) is 3.10. The van der Waals surface area contributed by atoms with Crippen LogP contribution in [0.15, 0.2) is 30.6 Å². The van der Waals surface area contributed by atoms with E-state index in [0.29, 0.717) is 16.5 Å². The van der Waals surface area contributed by atoms with Crippen molar-refractivity contribution >= 4 is 23.2 Å². The van der Waals surface area contributed by atoms with Crippen LogP contribution in [0.3, 0.4) is 0 Å². The molecule has 1 aromatic carbocycles. The van der Waals surface area contributed by atoms with Gasteiger partial charge in [-0.2, -0.15) is 5.26 Å². The van der Waals surface area contributed by atoms with Crippen molar-refractivity contribution in [3.05, 3.63) is 52.0 Å². The van der Waals surface area contributed by atoms with E-state index in [1.165, 1.54) is 0 Å². The molecule has 110 valence electrons. The van der Waals surface area contributed by atoms with Crippen molar-refractivity contribution < 1.29 is 0 Å². The molecule has 21 heavy (non-hydrogen) atoms. The summed E-state index contributed by atoms with van der Waals surface area (Å²) in [4.78, 5) is 7.33. The van der Waals surface area contributed by atoms with Gasteiger partial charge in [0.2, 0.25) is 0 Å². The fraction of sp³-hybridized carbons (Fsp3) is 0.375. The predicted octanol–water partition coefficient (Wildman–Crippen LogP) is 4.91. The molecule has 0 spiro atoms. The Balaban J connectivity index is 2.45. The summed E-state index contributed by atoms with van der Waals surface area (Å²) in [6, 6.07) is 7.81. The highest BCUT2D eigenvalue weighted by Gasteiger charge is 2.35. The average Bonchev–Trinajstić information content (AvgIpc) is 2.96. The van der Waals surface area contributed by atoms with Crippen molar-refractivity contribution in [2.24, 2.45) is 0 Å². The number of aromatic nitrogens is 2. The Morgan fingerprint density at radius 2 is 2.19 bits per heavy atom. The molecule has 1 aromatic heterocycles. The van der Waals surface area contributed by atoms with Gasteiger partial charge in [0.25, 0.3) is 0 Å². The Bertz CT molecular complexity index is 631. The number of benzene rings is 1. The van der Waals surface area contributed by atoms with Gasteiger partial charge in [-0.05, 0) is 24.1 Å². The topological polar surface area (TPSA) is 52.5 Å². The highest BCUT2D eigenvalue weighted by molar-refractivity contribution is 6.35. The zero-order valence-corrected chi connectivity index (χ0v) is 13.4. The van der Waals surface area contributed by atoms with Crippen LogP contribution in [0.4, 0.5) is 0 Å². The van der Waals surface area contributed by atoms with Crippen molar-refractivity contribution in [3.8, 4) is 6.07 Å². The lowest BCUT2D eigenvalue weighted by molar-refractivity contribution is 0.468. The van der Waals surface area contributed by atoms with E-state index >= 15 is 0 Å². The van der Waals surface area contributed by atoms with E-state index in [1.54, 1.807) is 24.5 Å². The van der Waals surface area contributed by atoms with Crippen LogP contribution >= 0.6 is 23.2 Å². The third-order valence-corrected chi connectivity index (χ3v) is 4.19. The van der Waals surface area contributed by atoms with Gasteiger partial charge < -0.3 is 4.98 Å². The summed E-state index contributed by atoms with van der Waals surface area (Å²) < 4.78 is 0. The lowest BCUT2D eigenvalue weighted by atomic mass is 9.74. The van der Waals surface area contributed by atoms with Gasteiger partial charge in [-0.15, -0.1) is 0 Å². The summed E-state index contributed by atoms with van der Waals surface area (Å²) in [5, 5.41) is 11.0. The summed E-state index contributed by atoms with van der Waals surface area (Å²) in [7, 11) is 0. The second-order valence-electron chi connectivity index (χ2n) is 5.13. The quantitative estimate of drug-likeness (QED) is 0.821. The molecule has 0 bridgehead atoms. The number of nitrogens with zero attached hydrogens (tertiary/aromatic N) is 2. The minimum Gasteiger partial charge on any atom is -0.349 e. The van der Waals surface area contributed by atoms with E-state index in [-0.39, 0.29) is 0 Å². The van der Waals surface area contributed by atoms with Crippen LogP contribution in [-0.2, 0) is 11.8 Å². The SMILES string of the molecule is CCCCC(C#N)(Cc1ncc[nH]1)c1ccc(Cl)cc1Cl. The Kier molecular flexibility index (Phi) is 5.27. The standard InChI is InChI=1S/C16H17Cl2N3/c1-2-3-6-16(11-19,10-15-20-7-8-21-15)13-5-4-12(17)9-14(13)18/h4-5,7-9H,2-3,6,10H2,1H3,(H,20,21). The number of rotatable bonds is 6. The van der Waals surface area contributed by atoms with Crippen LogP contribution in [-0.4, -0.2) is 9.97 Å². The van der Waals surface area contributed by atoms with Crippen LogP contribution in [0.25, 0.3) is 0 Å². The van der Waals surface area contributed by atoms with E-state index in [1.807, 2.05) is 6.07 Å². The van der Waals surface area contributed by atoms with Gasteiger partial charge in [0.15, 0.2) is 0 Å². The summed E-state index contributed by atoms with van der Waals surface area (Å²) in [5.74, 6) is 0.790. The third-order valence-electron chi connectivity index (χ3n) is 3.64. The van der Waals surface area contributed by atoms with E-state index in [9.17, 15) is 5.26 Å². The monoisotopic (exact) mass is 321 g/mol. The van der Waals surface area contributed by atoms with E-state index in [2.05, 4.69) is 23.0 Å². The maximum atomic E-state index is 9.87. The number of H-pyrrole nitrogens is 1. The van der Waals surface area contributed by atoms with Gasteiger partial charge in [-0.25, -0.2) is 4.98 Å². The number of aromatic amines is 1. The van der Waals surface area contributed by atoms with Crippen molar-refractivity contribution in [2.75, 3.05) is 0 Å². The summed E-state index contributed by atoms with van der Waals surface area (Å²) >= 11 is 12.3. The van der Waals surface area contributed by atoms with E-state index in [4.69, 9.17) is 23.2 Å². The zero-order chi connectivity index (χ0) is 15.3. The molecule has 1 unspecified atom stereocenters. The Morgan fingerprint density at radius 1 is 1.38 bits per heavy atom. The lowest BCUT2D eigenvalue weighted by Crippen LogP contribution is -2.28. The van der Waals surface area contributed by atoms with Crippen molar-refractivity contribution in [1.82, 2.24) is 9.97 Å². The molecule has 1 atom stereocenters. The van der Waals surface area contributed by atoms with Gasteiger partial charge in [0.05, 0.1) is 11.5 Å². The van der Waals surface area contributed by atoms with Gasteiger partial charge >= 0.3 is 0 Å². The maximum absolute atomic E-state index is 9.87. The van der Waals surface area contributed by atoms with Gasteiger partial charge in [-0.3, -0.25) is 0 Å². The third kappa shape index (κ3) is 3.58. The first-order chi connectivity index (χ1) is 10.1.